The molecule has 106 valence electrons. The van der Waals surface area contributed by atoms with Gasteiger partial charge in [0.05, 0.1) is 0 Å². The lowest BCUT2D eigenvalue weighted by Gasteiger charge is -2.34. The molecule has 2 rings (SSSR count). The number of halogens is 2. The molecule has 4 heteroatoms. The van der Waals surface area contributed by atoms with E-state index in [1.165, 1.54) is 6.07 Å². The summed E-state index contributed by atoms with van der Waals surface area (Å²) < 4.78 is 13.9. The molecule has 0 radical (unpaired) electrons. The second-order valence-corrected chi connectivity index (χ2v) is 5.56. The van der Waals surface area contributed by atoms with E-state index in [4.69, 9.17) is 11.6 Å². The van der Waals surface area contributed by atoms with Crippen molar-refractivity contribution in [1.29, 1.82) is 0 Å². The molecular weight excluding hydrogens is 263 g/mol. The van der Waals surface area contributed by atoms with Crippen LogP contribution in [0.5, 0.6) is 0 Å². The molecule has 1 aliphatic rings. The maximum absolute atomic E-state index is 13.9. The molecule has 1 N–H and O–H groups in total. The van der Waals surface area contributed by atoms with Gasteiger partial charge < -0.3 is 5.32 Å². The molecule has 0 aromatic heterocycles. The van der Waals surface area contributed by atoms with E-state index >= 15 is 0 Å². The van der Waals surface area contributed by atoms with Crippen LogP contribution in [0.2, 0.25) is 5.02 Å². The standard InChI is InChI=1S/C15H22ClFN2/c1-2-10-19(12-6-8-18-9-7-12)11-13-14(16)4-3-5-15(13)17/h3-5,12,18H,2,6-11H2,1H3. The van der Waals surface area contributed by atoms with E-state index in [1.807, 2.05) is 0 Å². The average Bonchev–Trinajstić information content (AvgIpc) is 2.43. The lowest BCUT2D eigenvalue weighted by Crippen LogP contribution is -2.43. The van der Waals surface area contributed by atoms with Gasteiger partial charge in [0.2, 0.25) is 0 Å². The highest BCUT2D eigenvalue weighted by molar-refractivity contribution is 6.31. The molecule has 0 unspecified atom stereocenters. The molecule has 2 nitrogen and oxygen atoms in total. The first-order valence-corrected chi connectivity index (χ1v) is 7.47. The van der Waals surface area contributed by atoms with Crippen LogP contribution in [0.3, 0.4) is 0 Å². The summed E-state index contributed by atoms with van der Waals surface area (Å²) in [4.78, 5) is 2.38. The van der Waals surface area contributed by atoms with Crippen LogP contribution in [-0.2, 0) is 6.54 Å². The predicted octanol–water partition coefficient (Wildman–Crippen LogP) is 3.44. The summed E-state index contributed by atoms with van der Waals surface area (Å²) in [7, 11) is 0. The maximum atomic E-state index is 13.9. The minimum Gasteiger partial charge on any atom is -0.317 e. The summed E-state index contributed by atoms with van der Waals surface area (Å²) in [6.45, 7) is 5.88. The van der Waals surface area contributed by atoms with Gasteiger partial charge in [-0.25, -0.2) is 4.39 Å². The summed E-state index contributed by atoms with van der Waals surface area (Å²) >= 11 is 6.13. The minimum atomic E-state index is -0.192. The average molecular weight is 285 g/mol. The fourth-order valence-electron chi connectivity index (χ4n) is 2.74. The molecule has 1 aromatic carbocycles. The molecular formula is C15H22ClFN2. The van der Waals surface area contributed by atoms with Crippen molar-refractivity contribution in [3.63, 3.8) is 0 Å². The largest absolute Gasteiger partial charge is 0.317 e. The monoisotopic (exact) mass is 284 g/mol. The zero-order valence-corrected chi connectivity index (χ0v) is 12.2. The third kappa shape index (κ3) is 3.91. The second kappa shape index (κ2) is 7.22. The van der Waals surface area contributed by atoms with E-state index in [0.717, 1.165) is 38.9 Å². The maximum Gasteiger partial charge on any atom is 0.129 e. The first-order chi connectivity index (χ1) is 9.22. The molecule has 0 aliphatic carbocycles. The fourth-order valence-corrected chi connectivity index (χ4v) is 2.96. The van der Waals surface area contributed by atoms with Crippen molar-refractivity contribution in [2.24, 2.45) is 0 Å². The Balaban J connectivity index is 2.11. The van der Waals surface area contributed by atoms with Crippen molar-refractivity contribution in [2.75, 3.05) is 19.6 Å². The smallest absolute Gasteiger partial charge is 0.129 e. The molecule has 1 fully saturated rings. The van der Waals surface area contributed by atoms with Gasteiger partial charge in [-0.15, -0.1) is 0 Å². The van der Waals surface area contributed by atoms with Crippen LogP contribution < -0.4 is 5.32 Å². The van der Waals surface area contributed by atoms with Crippen LogP contribution in [0.25, 0.3) is 0 Å². The van der Waals surface area contributed by atoms with Crippen molar-refractivity contribution in [2.45, 2.75) is 38.8 Å². The summed E-state index contributed by atoms with van der Waals surface area (Å²) in [5.74, 6) is -0.192. The Morgan fingerprint density at radius 2 is 2.11 bits per heavy atom. The van der Waals surface area contributed by atoms with Crippen molar-refractivity contribution < 1.29 is 4.39 Å². The fraction of sp³-hybridized carbons (Fsp3) is 0.600. The van der Waals surface area contributed by atoms with Gasteiger partial charge in [-0.2, -0.15) is 0 Å². The Kier molecular flexibility index (Phi) is 5.61. The molecule has 0 spiro atoms. The van der Waals surface area contributed by atoms with E-state index in [-0.39, 0.29) is 5.82 Å². The number of hydrogen-bond donors (Lipinski definition) is 1. The molecule has 1 saturated heterocycles. The van der Waals surface area contributed by atoms with Gasteiger partial charge in [-0.3, -0.25) is 4.90 Å². The summed E-state index contributed by atoms with van der Waals surface area (Å²) in [6.07, 6.45) is 3.34. The quantitative estimate of drug-likeness (QED) is 0.891. The lowest BCUT2D eigenvalue weighted by atomic mass is 10.0. The van der Waals surface area contributed by atoms with Crippen molar-refractivity contribution in [1.82, 2.24) is 10.2 Å². The first-order valence-electron chi connectivity index (χ1n) is 7.10. The predicted molar refractivity (Wildman–Crippen MR) is 78.0 cm³/mol. The van der Waals surface area contributed by atoms with Gasteiger partial charge in [-0.05, 0) is 51.0 Å². The van der Waals surface area contributed by atoms with Crippen LogP contribution >= 0.6 is 11.6 Å². The zero-order valence-electron chi connectivity index (χ0n) is 11.5. The van der Waals surface area contributed by atoms with Crippen LogP contribution in [-0.4, -0.2) is 30.6 Å². The minimum absolute atomic E-state index is 0.192. The highest BCUT2D eigenvalue weighted by Gasteiger charge is 2.22. The van der Waals surface area contributed by atoms with Crippen molar-refractivity contribution in [3.8, 4) is 0 Å². The highest BCUT2D eigenvalue weighted by Crippen LogP contribution is 2.23. The summed E-state index contributed by atoms with van der Waals surface area (Å²) in [6, 6.07) is 5.47. The van der Waals surface area contributed by atoms with Crippen molar-refractivity contribution >= 4 is 11.6 Å². The molecule has 0 amide bonds. The Bertz CT molecular complexity index is 385. The van der Waals surface area contributed by atoms with Crippen LogP contribution in [0.15, 0.2) is 18.2 Å². The molecule has 0 saturated carbocycles. The second-order valence-electron chi connectivity index (χ2n) is 5.15. The number of hydrogen-bond acceptors (Lipinski definition) is 2. The third-order valence-corrected chi connectivity index (χ3v) is 4.11. The van der Waals surface area contributed by atoms with Gasteiger partial charge in [0, 0.05) is 23.2 Å². The van der Waals surface area contributed by atoms with Gasteiger partial charge in [-0.1, -0.05) is 24.6 Å². The summed E-state index contributed by atoms with van der Waals surface area (Å²) in [5, 5.41) is 3.91. The first kappa shape index (κ1) is 14.8. The van der Waals surface area contributed by atoms with E-state index in [9.17, 15) is 4.39 Å². The molecule has 1 aliphatic heterocycles. The number of benzene rings is 1. The molecule has 0 bridgehead atoms. The Hall–Kier alpha value is -0.640. The van der Waals surface area contributed by atoms with Gasteiger partial charge in [0.1, 0.15) is 5.82 Å². The molecule has 1 aromatic rings. The molecule has 19 heavy (non-hydrogen) atoms. The van der Waals surface area contributed by atoms with E-state index in [1.54, 1.807) is 12.1 Å². The topological polar surface area (TPSA) is 15.3 Å². The number of piperidine rings is 1. The molecule has 0 atom stereocenters. The third-order valence-electron chi connectivity index (χ3n) is 3.76. The van der Waals surface area contributed by atoms with E-state index in [0.29, 0.717) is 23.2 Å². The van der Waals surface area contributed by atoms with Gasteiger partial charge in [0.25, 0.3) is 0 Å². The Morgan fingerprint density at radius 1 is 1.37 bits per heavy atom. The van der Waals surface area contributed by atoms with Gasteiger partial charge >= 0.3 is 0 Å². The van der Waals surface area contributed by atoms with Gasteiger partial charge in [0.15, 0.2) is 0 Å². The number of nitrogens with one attached hydrogen (secondary N) is 1. The normalized spacial score (nSPS) is 17.1. The molecule has 1 heterocycles. The Labute approximate surface area is 119 Å². The van der Waals surface area contributed by atoms with Crippen LogP contribution in [0.4, 0.5) is 4.39 Å². The zero-order chi connectivity index (χ0) is 13.7. The highest BCUT2D eigenvalue weighted by atomic mass is 35.5. The SMILES string of the molecule is CCCN(Cc1c(F)cccc1Cl)C1CCNCC1. The summed E-state index contributed by atoms with van der Waals surface area (Å²) in [5.41, 5.74) is 0.635. The van der Waals surface area contributed by atoms with E-state index < -0.39 is 0 Å². The van der Waals surface area contributed by atoms with Crippen LogP contribution in [0.1, 0.15) is 31.7 Å². The van der Waals surface area contributed by atoms with E-state index in [2.05, 4.69) is 17.1 Å². The number of rotatable bonds is 5. The Morgan fingerprint density at radius 3 is 2.74 bits per heavy atom. The van der Waals surface area contributed by atoms with Crippen molar-refractivity contribution in [3.05, 3.63) is 34.6 Å². The van der Waals surface area contributed by atoms with Crippen LogP contribution in [0, 0.1) is 5.82 Å². The lowest BCUT2D eigenvalue weighted by molar-refractivity contribution is 0.152. The number of nitrogens with zero attached hydrogens (tertiary/aromatic N) is 1.